The van der Waals surface area contributed by atoms with Crippen LogP contribution in [0.15, 0.2) is 18.2 Å². The van der Waals surface area contributed by atoms with Crippen LogP contribution in [0.3, 0.4) is 0 Å². The molecule has 1 aliphatic carbocycles. The number of aliphatic hydroxyl groups is 1. The second kappa shape index (κ2) is 5.32. The van der Waals surface area contributed by atoms with Crippen LogP contribution in [0.5, 0.6) is 0 Å². The highest BCUT2D eigenvalue weighted by molar-refractivity contribution is 5.59. The smallest absolute Gasteiger partial charge is 0.292 e. The van der Waals surface area contributed by atoms with Crippen molar-refractivity contribution in [2.45, 2.75) is 25.4 Å². The van der Waals surface area contributed by atoms with Gasteiger partial charge in [-0.1, -0.05) is 6.07 Å². The van der Waals surface area contributed by atoms with Crippen molar-refractivity contribution in [3.8, 4) is 0 Å². The van der Waals surface area contributed by atoms with Crippen LogP contribution in [0, 0.1) is 10.1 Å². The normalized spacial score (nSPS) is 15.0. The first-order chi connectivity index (χ1) is 8.61. The van der Waals surface area contributed by atoms with Crippen molar-refractivity contribution in [3.63, 3.8) is 0 Å². The molecule has 0 unspecified atom stereocenters. The Morgan fingerprint density at radius 1 is 1.50 bits per heavy atom. The van der Waals surface area contributed by atoms with Gasteiger partial charge in [0.05, 0.1) is 11.5 Å². The summed E-state index contributed by atoms with van der Waals surface area (Å²) in [6.07, 6.45) is 2.27. The van der Waals surface area contributed by atoms with Gasteiger partial charge in [-0.25, -0.2) is 0 Å². The molecular weight excluding hydrogens is 234 g/mol. The summed E-state index contributed by atoms with van der Waals surface area (Å²) < 4.78 is 0. The molecule has 0 saturated heterocycles. The predicted molar refractivity (Wildman–Crippen MR) is 68.0 cm³/mol. The van der Waals surface area contributed by atoms with Gasteiger partial charge in [0.1, 0.15) is 5.69 Å². The van der Waals surface area contributed by atoms with E-state index in [0.29, 0.717) is 19.1 Å². The number of aliphatic hydroxyl groups excluding tert-OH is 1. The zero-order valence-corrected chi connectivity index (χ0v) is 10.1. The van der Waals surface area contributed by atoms with E-state index in [0.717, 1.165) is 18.4 Å². The van der Waals surface area contributed by atoms with Gasteiger partial charge in [-0.3, -0.25) is 15.0 Å². The Balaban J connectivity index is 2.12. The Kier molecular flexibility index (Phi) is 3.78. The molecule has 0 spiro atoms. The number of hydrogen-bond acceptors (Lipinski definition) is 5. The summed E-state index contributed by atoms with van der Waals surface area (Å²) in [5.41, 5.74) is 6.55. The molecule has 1 aromatic carbocycles. The summed E-state index contributed by atoms with van der Waals surface area (Å²) in [6.45, 7) is 1.32. The second-order valence-corrected chi connectivity index (χ2v) is 4.58. The van der Waals surface area contributed by atoms with E-state index in [2.05, 4.69) is 4.90 Å². The average Bonchev–Trinajstić information content (AvgIpc) is 3.14. The van der Waals surface area contributed by atoms with Crippen LogP contribution in [-0.2, 0) is 6.54 Å². The molecule has 1 saturated carbocycles. The number of anilines is 1. The Morgan fingerprint density at radius 2 is 2.22 bits per heavy atom. The summed E-state index contributed by atoms with van der Waals surface area (Å²) in [6, 6.07) is 5.39. The SMILES string of the molecule is Nc1ccc(CN(CCO)C2CC2)cc1[N+](=O)[O-]. The number of nitrogen functional groups attached to an aromatic ring is 1. The van der Waals surface area contributed by atoms with Crippen LogP contribution in [0.1, 0.15) is 18.4 Å². The van der Waals surface area contributed by atoms with E-state index in [4.69, 9.17) is 10.8 Å². The van der Waals surface area contributed by atoms with Crippen LogP contribution in [0.2, 0.25) is 0 Å². The van der Waals surface area contributed by atoms with E-state index in [1.54, 1.807) is 12.1 Å². The molecule has 3 N–H and O–H groups in total. The molecule has 0 radical (unpaired) electrons. The first-order valence-electron chi connectivity index (χ1n) is 5.99. The highest BCUT2D eigenvalue weighted by Gasteiger charge is 2.28. The Morgan fingerprint density at radius 3 is 2.78 bits per heavy atom. The van der Waals surface area contributed by atoms with Crippen molar-refractivity contribution >= 4 is 11.4 Å². The monoisotopic (exact) mass is 251 g/mol. The predicted octanol–water partition coefficient (Wildman–Crippen LogP) is 1.13. The fraction of sp³-hybridized carbons (Fsp3) is 0.500. The Hall–Kier alpha value is -1.66. The van der Waals surface area contributed by atoms with Crippen molar-refractivity contribution < 1.29 is 10.0 Å². The van der Waals surface area contributed by atoms with Gasteiger partial charge in [-0.2, -0.15) is 0 Å². The fourth-order valence-electron chi connectivity index (χ4n) is 2.04. The van der Waals surface area contributed by atoms with Crippen LogP contribution >= 0.6 is 0 Å². The van der Waals surface area contributed by atoms with Crippen molar-refractivity contribution in [3.05, 3.63) is 33.9 Å². The molecule has 1 fully saturated rings. The molecular formula is C12H17N3O3. The van der Waals surface area contributed by atoms with Gasteiger partial charge in [0.15, 0.2) is 0 Å². The van der Waals surface area contributed by atoms with E-state index in [1.165, 1.54) is 6.07 Å². The molecule has 2 rings (SSSR count). The minimum absolute atomic E-state index is 0.0488. The molecule has 0 bridgehead atoms. The van der Waals surface area contributed by atoms with Crippen molar-refractivity contribution in [2.24, 2.45) is 0 Å². The van der Waals surface area contributed by atoms with Gasteiger partial charge in [0.25, 0.3) is 5.69 Å². The maximum Gasteiger partial charge on any atom is 0.292 e. The minimum atomic E-state index is -0.466. The third kappa shape index (κ3) is 2.96. The van der Waals surface area contributed by atoms with E-state index < -0.39 is 4.92 Å². The summed E-state index contributed by atoms with van der Waals surface area (Å²) in [4.78, 5) is 12.5. The number of nitro groups is 1. The van der Waals surface area contributed by atoms with Gasteiger partial charge in [-0.15, -0.1) is 0 Å². The zero-order valence-electron chi connectivity index (χ0n) is 10.1. The van der Waals surface area contributed by atoms with Crippen LogP contribution < -0.4 is 5.73 Å². The molecule has 0 heterocycles. The largest absolute Gasteiger partial charge is 0.395 e. The third-order valence-electron chi connectivity index (χ3n) is 3.13. The number of benzene rings is 1. The molecule has 0 atom stereocenters. The molecule has 0 amide bonds. The van der Waals surface area contributed by atoms with Gasteiger partial charge in [-0.05, 0) is 24.5 Å². The van der Waals surface area contributed by atoms with E-state index >= 15 is 0 Å². The van der Waals surface area contributed by atoms with Crippen LogP contribution in [0.25, 0.3) is 0 Å². The van der Waals surface area contributed by atoms with Crippen molar-refractivity contribution in [1.82, 2.24) is 4.90 Å². The fourth-order valence-corrected chi connectivity index (χ4v) is 2.04. The maximum absolute atomic E-state index is 10.8. The first-order valence-corrected chi connectivity index (χ1v) is 5.99. The first kappa shape index (κ1) is 12.8. The number of nitro benzene ring substituents is 1. The standard InChI is InChI=1S/C12H17N3O3/c13-11-4-1-9(7-12(11)15(17)18)8-14(5-6-16)10-2-3-10/h1,4,7,10,16H,2-3,5-6,8,13H2. The molecule has 1 aromatic rings. The lowest BCUT2D eigenvalue weighted by atomic mass is 10.1. The van der Waals surface area contributed by atoms with Gasteiger partial charge >= 0.3 is 0 Å². The number of nitrogens with zero attached hydrogens (tertiary/aromatic N) is 2. The number of nitrogens with two attached hydrogens (primary N) is 1. The lowest BCUT2D eigenvalue weighted by molar-refractivity contribution is -0.384. The highest BCUT2D eigenvalue weighted by atomic mass is 16.6. The highest BCUT2D eigenvalue weighted by Crippen LogP contribution is 2.29. The van der Waals surface area contributed by atoms with Crippen molar-refractivity contribution in [1.29, 1.82) is 0 Å². The Bertz CT molecular complexity index is 446. The van der Waals surface area contributed by atoms with Crippen molar-refractivity contribution in [2.75, 3.05) is 18.9 Å². The second-order valence-electron chi connectivity index (χ2n) is 4.58. The molecule has 0 aromatic heterocycles. The number of rotatable bonds is 6. The molecule has 6 heteroatoms. The lowest BCUT2D eigenvalue weighted by Crippen LogP contribution is -2.28. The summed E-state index contributed by atoms with van der Waals surface area (Å²) in [7, 11) is 0. The summed E-state index contributed by atoms with van der Waals surface area (Å²) in [5, 5.41) is 19.8. The molecule has 1 aliphatic rings. The summed E-state index contributed by atoms with van der Waals surface area (Å²) in [5.74, 6) is 0. The van der Waals surface area contributed by atoms with Crippen LogP contribution in [-0.4, -0.2) is 34.1 Å². The third-order valence-corrected chi connectivity index (χ3v) is 3.13. The summed E-state index contributed by atoms with van der Waals surface area (Å²) >= 11 is 0. The van der Waals surface area contributed by atoms with E-state index in [-0.39, 0.29) is 18.0 Å². The molecule has 18 heavy (non-hydrogen) atoms. The van der Waals surface area contributed by atoms with Gasteiger partial charge in [0, 0.05) is 25.2 Å². The quantitative estimate of drug-likeness (QED) is 0.449. The van der Waals surface area contributed by atoms with Crippen LogP contribution in [0.4, 0.5) is 11.4 Å². The lowest BCUT2D eigenvalue weighted by Gasteiger charge is -2.20. The maximum atomic E-state index is 10.8. The number of hydrogen-bond donors (Lipinski definition) is 2. The van der Waals surface area contributed by atoms with Gasteiger partial charge in [0.2, 0.25) is 0 Å². The van der Waals surface area contributed by atoms with E-state index in [1.807, 2.05) is 0 Å². The van der Waals surface area contributed by atoms with E-state index in [9.17, 15) is 10.1 Å². The average molecular weight is 251 g/mol. The Labute approximate surface area is 105 Å². The minimum Gasteiger partial charge on any atom is -0.395 e. The topological polar surface area (TPSA) is 92.6 Å². The molecule has 6 nitrogen and oxygen atoms in total. The molecule has 0 aliphatic heterocycles. The van der Waals surface area contributed by atoms with Gasteiger partial charge < -0.3 is 10.8 Å². The zero-order chi connectivity index (χ0) is 13.1. The molecule has 98 valence electrons.